The largest absolute Gasteiger partial charge is 0.394 e. The van der Waals surface area contributed by atoms with Gasteiger partial charge in [0, 0.05) is 0 Å². The summed E-state index contributed by atoms with van der Waals surface area (Å²) in [5, 5.41) is 141. The molecular weight excluding hydrogens is 624 g/mol. The van der Waals surface area contributed by atoms with Crippen molar-refractivity contribution in [1.82, 2.24) is 0 Å². The number of hydrogen-bond donors (Lipinski definition) is 14. The highest BCUT2D eigenvalue weighted by molar-refractivity contribution is 4.99. The van der Waals surface area contributed by atoms with Gasteiger partial charge in [0.1, 0.15) is 98.2 Å². The van der Waals surface area contributed by atoms with Crippen molar-refractivity contribution in [3.8, 4) is 0 Å². The lowest BCUT2D eigenvalue weighted by atomic mass is 9.98. The number of ether oxygens (including phenoxy) is 7. The Kier molecular flexibility index (Phi) is 12.5. The monoisotopic (exact) mass is 666 g/mol. The minimum Gasteiger partial charge on any atom is -0.394 e. The molecule has 0 radical (unpaired) electrons. The van der Waals surface area contributed by atoms with Crippen molar-refractivity contribution in [3.05, 3.63) is 0 Å². The van der Waals surface area contributed by atoms with E-state index in [0.29, 0.717) is 0 Å². The first-order valence-corrected chi connectivity index (χ1v) is 14.1. The molecule has 0 aromatic carbocycles. The van der Waals surface area contributed by atoms with Crippen molar-refractivity contribution in [2.75, 3.05) is 33.0 Å². The zero-order valence-corrected chi connectivity index (χ0v) is 23.5. The number of aliphatic hydroxyl groups is 14. The maximum Gasteiger partial charge on any atom is 0.224 e. The van der Waals surface area contributed by atoms with E-state index >= 15 is 0 Å². The van der Waals surface area contributed by atoms with Crippen molar-refractivity contribution < 1.29 is 105 Å². The van der Waals surface area contributed by atoms with Crippen molar-refractivity contribution in [2.24, 2.45) is 0 Å². The Hall–Kier alpha value is -0.840. The Morgan fingerprint density at radius 2 is 0.844 bits per heavy atom. The molecule has 0 aromatic rings. The smallest absolute Gasteiger partial charge is 0.224 e. The van der Waals surface area contributed by atoms with E-state index in [4.69, 9.17) is 33.2 Å². The first-order chi connectivity index (χ1) is 21.2. The van der Waals surface area contributed by atoms with E-state index in [1.807, 2.05) is 0 Å². The summed E-state index contributed by atoms with van der Waals surface area (Å²) in [4.78, 5) is 0. The Morgan fingerprint density at radius 1 is 0.444 bits per heavy atom. The standard InChI is InChI=1S/C24H42O21/c25-1-6-10(28)14(32)17(35)21(41-6)39-3-8-11(29)15(33)18(36)22(42-8)40-4-9-12(30)16(34)19(37)23(43-9)45-24(5-27)20(38)13(31)7(2-26)44-24/h6-23,25-38H,1-5H2/t6-,7-,8-,9-,10+,11+,12-,13-,14+,15+,16+,17-,18-,19-,20+,21+,22+,23-,24?/m1/s1. The van der Waals surface area contributed by atoms with Crippen LogP contribution in [0.4, 0.5) is 0 Å². The first kappa shape index (κ1) is 37.0. The summed E-state index contributed by atoms with van der Waals surface area (Å²) in [5.41, 5.74) is 0. The molecule has 4 rings (SSSR count). The van der Waals surface area contributed by atoms with E-state index in [-0.39, 0.29) is 0 Å². The lowest BCUT2D eigenvalue weighted by molar-refractivity contribution is -0.388. The maximum absolute atomic E-state index is 10.5. The molecule has 4 aliphatic heterocycles. The van der Waals surface area contributed by atoms with Crippen LogP contribution >= 0.6 is 0 Å². The summed E-state index contributed by atoms with van der Waals surface area (Å²) in [5.74, 6) is -2.43. The van der Waals surface area contributed by atoms with Gasteiger partial charge in [-0.2, -0.15) is 0 Å². The Balaban J connectivity index is 1.39. The van der Waals surface area contributed by atoms with Gasteiger partial charge in [0.2, 0.25) is 5.79 Å². The molecule has 19 atom stereocenters. The van der Waals surface area contributed by atoms with E-state index in [0.717, 1.165) is 0 Å². The second-order valence-electron chi connectivity index (χ2n) is 11.3. The first-order valence-electron chi connectivity index (χ1n) is 14.1. The molecular formula is C24H42O21. The molecule has 4 fully saturated rings. The summed E-state index contributed by atoms with van der Waals surface area (Å²) in [6.45, 7) is -4.02. The average Bonchev–Trinajstić information content (AvgIpc) is 3.28. The van der Waals surface area contributed by atoms with Gasteiger partial charge in [-0.25, -0.2) is 0 Å². The fourth-order valence-corrected chi connectivity index (χ4v) is 5.39. The summed E-state index contributed by atoms with van der Waals surface area (Å²) >= 11 is 0. The Labute approximate surface area is 254 Å². The zero-order valence-electron chi connectivity index (χ0n) is 23.5. The van der Waals surface area contributed by atoms with Crippen LogP contribution in [0.2, 0.25) is 0 Å². The molecule has 14 N–H and O–H groups in total. The molecule has 0 bridgehead atoms. The van der Waals surface area contributed by atoms with Gasteiger partial charge in [-0.3, -0.25) is 0 Å². The summed E-state index contributed by atoms with van der Waals surface area (Å²) in [6, 6.07) is 0. The van der Waals surface area contributed by atoms with Crippen LogP contribution in [0, 0.1) is 0 Å². The predicted octanol–water partition coefficient (Wildman–Crippen LogP) is -9.75. The van der Waals surface area contributed by atoms with Crippen LogP contribution in [0.15, 0.2) is 0 Å². The lowest BCUT2D eigenvalue weighted by Gasteiger charge is -2.45. The SMILES string of the molecule is OC[C@H]1O[C@H](OC[C@H]2O[C@H](OC[C@H]3O[C@H](OC4(CO)O[C@H](CO)[C@@H](O)[C@@H]4O)[C@H](O)[C@@H](O)[C@@H]3O)[C@H](O)[C@@H](O)[C@H]2O)[C@H](O)[C@@H](O)[C@H]1O. The number of rotatable bonds is 11. The molecule has 4 aliphatic rings. The van der Waals surface area contributed by atoms with E-state index in [9.17, 15) is 71.5 Å². The highest BCUT2D eigenvalue weighted by Crippen LogP contribution is 2.36. The van der Waals surface area contributed by atoms with Gasteiger partial charge in [0.15, 0.2) is 18.9 Å². The third kappa shape index (κ3) is 7.29. The van der Waals surface area contributed by atoms with Gasteiger partial charge >= 0.3 is 0 Å². The Bertz CT molecular complexity index is 931. The molecule has 21 nitrogen and oxygen atoms in total. The van der Waals surface area contributed by atoms with Gasteiger partial charge in [-0.15, -0.1) is 0 Å². The maximum atomic E-state index is 10.5. The molecule has 4 saturated heterocycles. The predicted molar refractivity (Wildman–Crippen MR) is 134 cm³/mol. The van der Waals surface area contributed by atoms with Gasteiger partial charge in [-0.05, 0) is 0 Å². The number of hydrogen-bond acceptors (Lipinski definition) is 21. The van der Waals surface area contributed by atoms with Crippen molar-refractivity contribution in [3.63, 3.8) is 0 Å². The third-order valence-corrected chi connectivity index (χ3v) is 8.26. The average molecular weight is 667 g/mol. The van der Waals surface area contributed by atoms with Gasteiger partial charge in [0.25, 0.3) is 0 Å². The van der Waals surface area contributed by atoms with Crippen LogP contribution in [0.5, 0.6) is 0 Å². The van der Waals surface area contributed by atoms with Crippen LogP contribution in [0.25, 0.3) is 0 Å². The van der Waals surface area contributed by atoms with E-state index in [1.165, 1.54) is 0 Å². The molecule has 0 aromatic heterocycles. The lowest BCUT2D eigenvalue weighted by Crippen LogP contribution is -2.64. The minimum absolute atomic E-state index is 0.650. The van der Waals surface area contributed by atoms with E-state index in [1.54, 1.807) is 0 Å². The molecule has 0 amide bonds. The minimum atomic E-state index is -2.43. The summed E-state index contributed by atoms with van der Waals surface area (Å²) in [7, 11) is 0. The quantitative estimate of drug-likeness (QED) is 0.0973. The van der Waals surface area contributed by atoms with E-state index < -0.39 is 149 Å². The Morgan fingerprint density at radius 3 is 1.27 bits per heavy atom. The molecule has 4 heterocycles. The van der Waals surface area contributed by atoms with Gasteiger partial charge in [0.05, 0.1) is 26.4 Å². The third-order valence-electron chi connectivity index (χ3n) is 8.26. The second-order valence-corrected chi connectivity index (χ2v) is 11.3. The molecule has 0 saturated carbocycles. The number of aliphatic hydroxyl groups excluding tert-OH is 14. The van der Waals surface area contributed by atoms with Crippen molar-refractivity contribution >= 4 is 0 Å². The topological polar surface area (TPSA) is 348 Å². The molecule has 21 heteroatoms. The fraction of sp³-hybridized carbons (Fsp3) is 1.00. The normalized spacial score (nSPS) is 52.7. The molecule has 45 heavy (non-hydrogen) atoms. The highest BCUT2D eigenvalue weighted by Gasteiger charge is 2.58. The van der Waals surface area contributed by atoms with Crippen molar-refractivity contribution in [2.45, 2.75) is 116 Å². The van der Waals surface area contributed by atoms with Crippen LogP contribution in [0.1, 0.15) is 0 Å². The second kappa shape index (κ2) is 15.1. The van der Waals surface area contributed by atoms with Crippen LogP contribution in [-0.2, 0) is 33.2 Å². The van der Waals surface area contributed by atoms with Crippen molar-refractivity contribution in [1.29, 1.82) is 0 Å². The summed E-state index contributed by atoms with van der Waals surface area (Å²) in [6.07, 6.45) is -31.4. The van der Waals surface area contributed by atoms with Gasteiger partial charge < -0.3 is 105 Å². The fourth-order valence-electron chi connectivity index (χ4n) is 5.39. The summed E-state index contributed by atoms with van der Waals surface area (Å²) < 4.78 is 37.6. The van der Waals surface area contributed by atoms with Gasteiger partial charge in [-0.1, -0.05) is 0 Å². The van der Waals surface area contributed by atoms with Crippen LogP contribution in [0.3, 0.4) is 0 Å². The molecule has 1 unspecified atom stereocenters. The van der Waals surface area contributed by atoms with Crippen LogP contribution in [-0.4, -0.2) is 221 Å². The highest BCUT2D eigenvalue weighted by atomic mass is 16.8. The van der Waals surface area contributed by atoms with E-state index in [2.05, 4.69) is 0 Å². The molecule has 0 spiro atoms. The van der Waals surface area contributed by atoms with Crippen LogP contribution < -0.4 is 0 Å². The zero-order chi connectivity index (χ0) is 33.4. The molecule has 264 valence electrons. The molecule has 0 aliphatic carbocycles.